The second-order valence-corrected chi connectivity index (χ2v) is 5.06. The predicted molar refractivity (Wildman–Crippen MR) is 73.6 cm³/mol. The number of likely N-dealkylation sites (N-methyl/N-ethyl adjacent to an activating group) is 1. The minimum atomic E-state index is 0.0943. The third-order valence-corrected chi connectivity index (χ3v) is 3.69. The summed E-state index contributed by atoms with van der Waals surface area (Å²) in [6, 6.07) is 9.09. The average Bonchev–Trinajstić information content (AvgIpc) is 2.29. The normalized spacial score (nSPS) is 22.3. The Balaban J connectivity index is 1.74. The van der Waals surface area contributed by atoms with E-state index in [1.807, 2.05) is 6.92 Å². The second-order valence-electron chi connectivity index (χ2n) is 5.06. The first-order valence-corrected chi connectivity index (χ1v) is 6.76. The maximum Gasteiger partial charge on any atom is 0.233 e. The van der Waals surface area contributed by atoms with Crippen LogP contribution in [0.3, 0.4) is 0 Å². The lowest BCUT2D eigenvalue weighted by atomic mass is 9.74. The average molecular weight is 246 g/mol. The molecule has 0 atom stereocenters. The highest BCUT2D eigenvalue weighted by atomic mass is 16.1. The molecule has 3 heteroatoms. The van der Waals surface area contributed by atoms with Crippen molar-refractivity contribution < 1.29 is 4.79 Å². The van der Waals surface area contributed by atoms with Gasteiger partial charge in [-0.15, -0.1) is 0 Å². The monoisotopic (exact) mass is 246 g/mol. The lowest BCUT2D eigenvalue weighted by Crippen LogP contribution is -2.45. The molecule has 1 saturated carbocycles. The van der Waals surface area contributed by atoms with Gasteiger partial charge in [-0.1, -0.05) is 24.3 Å². The van der Waals surface area contributed by atoms with E-state index in [4.69, 9.17) is 0 Å². The van der Waals surface area contributed by atoms with Crippen LogP contribution < -0.4 is 10.6 Å². The summed E-state index contributed by atoms with van der Waals surface area (Å²) in [5, 5.41) is 6.11. The Bertz CT molecular complexity index is 411. The summed E-state index contributed by atoms with van der Waals surface area (Å²) in [7, 11) is 0. The molecule has 0 bridgehead atoms. The topological polar surface area (TPSA) is 41.1 Å². The van der Waals surface area contributed by atoms with Crippen molar-refractivity contribution in [2.45, 2.75) is 38.6 Å². The number of amides is 1. The number of carbonyl (C=O) groups excluding carboxylic acids is 1. The van der Waals surface area contributed by atoms with Crippen LogP contribution in [-0.4, -0.2) is 25.0 Å². The highest BCUT2D eigenvalue weighted by Crippen LogP contribution is 2.38. The molecular formula is C15H22N2O. The van der Waals surface area contributed by atoms with Gasteiger partial charge in [0.05, 0.1) is 6.54 Å². The molecular weight excluding hydrogens is 224 g/mol. The van der Waals surface area contributed by atoms with Gasteiger partial charge in [0, 0.05) is 12.6 Å². The molecule has 0 spiro atoms. The quantitative estimate of drug-likeness (QED) is 0.834. The minimum absolute atomic E-state index is 0.0943. The highest BCUT2D eigenvalue weighted by Gasteiger charge is 2.30. The summed E-state index contributed by atoms with van der Waals surface area (Å²) < 4.78 is 0. The summed E-state index contributed by atoms with van der Waals surface area (Å²) in [5.74, 6) is 0.759. The second kappa shape index (κ2) is 6.01. The predicted octanol–water partition coefficient (Wildman–Crippen LogP) is 1.97. The van der Waals surface area contributed by atoms with E-state index in [2.05, 4.69) is 41.8 Å². The zero-order valence-corrected chi connectivity index (χ0v) is 11.2. The van der Waals surface area contributed by atoms with Crippen LogP contribution in [0.1, 0.15) is 36.8 Å². The number of hydrogen-bond acceptors (Lipinski definition) is 2. The van der Waals surface area contributed by atoms with Crippen LogP contribution in [0.2, 0.25) is 0 Å². The Morgan fingerprint density at radius 1 is 1.33 bits per heavy atom. The van der Waals surface area contributed by atoms with Gasteiger partial charge in [-0.2, -0.15) is 0 Å². The molecule has 0 aromatic heterocycles. The summed E-state index contributed by atoms with van der Waals surface area (Å²) in [4.78, 5) is 11.3. The zero-order chi connectivity index (χ0) is 13.0. The summed E-state index contributed by atoms with van der Waals surface area (Å²) in [6.07, 6.45) is 2.29. The molecule has 18 heavy (non-hydrogen) atoms. The number of rotatable bonds is 5. The smallest absolute Gasteiger partial charge is 0.233 e. The largest absolute Gasteiger partial charge is 0.355 e. The van der Waals surface area contributed by atoms with Gasteiger partial charge in [0.25, 0.3) is 0 Å². The molecule has 1 amide bonds. The molecule has 0 heterocycles. The van der Waals surface area contributed by atoms with Crippen molar-refractivity contribution in [1.82, 2.24) is 10.6 Å². The third kappa shape index (κ3) is 3.10. The van der Waals surface area contributed by atoms with Crippen LogP contribution in [0.15, 0.2) is 24.3 Å². The Morgan fingerprint density at radius 3 is 2.72 bits per heavy atom. The molecule has 0 unspecified atom stereocenters. The van der Waals surface area contributed by atoms with Crippen molar-refractivity contribution in [3.8, 4) is 0 Å². The lowest BCUT2D eigenvalue weighted by molar-refractivity contribution is -0.120. The van der Waals surface area contributed by atoms with E-state index in [1.165, 1.54) is 11.1 Å². The first-order valence-electron chi connectivity index (χ1n) is 6.76. The van der Waals surface area contributed by atoms with E-state index in [9.17, 15) is 4.79 Å². The van der Waals surface area contributed by atoms with Gasteiger partial charge < -0.3 is 10.6 Å². The molecule has 1 aliphatic rings. The van der Waals surface area contributed by atoms with Crippen LogP contribution in [-0.2, 0) is 4.79 Å². The standard InChI is InChI=1S/C15H22N2O/c1-3-16-15(18)10-17-13-8-12(9-13)14-7-5-4-6-11(14)2/h4-7,12-13,17H,3,8-10H2,1-2H3,(H,16,18). The first kappa shape index (κ1) is 13.1. The molecule has 3 nitrogen and oxygen atoms in total. The molecule has 2 rings (SSSR count). The van der Waals surface area contributed by atoms with E-state index >= 15 is 0 Å². The van der Waals surface area contributed by atoms with Crippen molar-refractivity contribution in [3.05, 3.63) is 35.4 Å². The van der Waals surface area contributed by atoms with Crippen molar-refractivity contribution in [1.29, 1.82) is 0 Å². The molecule has 2 N–H and O–H groups in total. The summed E-state index contributed by atoms with van der Waals surface area (Å²) in [6.45, 7) is 5.26. The molecule has 0 aliphatic heterocycles. The molecule has 1 aromatic rings. The third-order valence-electron chi connectivity index (χ3n) is 3.69. The molecule has 1 fully saturated rings. The number of aryl methyl sites for hydroxylation is 1. The van der Waals surface area contributed by atoms with E-state index in [0.29, 0.717) is 25.0 Å². The van der Waals surface area contributed by atoms with Gasteiger partial charge in [0.15, 0.2) is 0 Å². The van der Waals surface area contributed by atoms with Gasteiger partial charge in [-0.05, 0) is 43.7 Å². The van der Waals surface area contributed by atoms with E-state index in [1.54, 1.807) is 0 Å². The van der Waals surface area contributed by atoms with Gasteiger partial charge in [0.1, 0.15) is 0 Å². The molecule has 1 aliphatic carbocycles. The van der Waals surface area contributed by atoms with Gasteiger partial charge in [-0.3, -0.25) is 4.79 Å². The zero-order valence-electron chi connectivity index (χ0n) is 11.2. The van der Waals surface area contributed by atoms with Crippen molar-refractivity contribution >= 4 is 5.91 Å². The molecule has 0 saturated heterocycles. The van der Waals surface area contributed by atoms with E-state index in [0.717, 1.165) is 12.8 Å². The molecule has 98 valence electrons. The summed E-state index contributed by atoms with van der Waals surface area (Å²) in [5.41, 5.74) is 2.85. The number of hydrogen-bond donors (Lipinski definition) is 2. The van der Waals surface area contributed by atoms with Gasteiger partial charge in [-0.25, -0.2) is 0 Å². The Kier molecular flexibility index (Phi) is 4.37. The lowest BCUT2D eigenvalue weighted by Gasteiger charge is -2.37. The molecule has 1 aromatic carbocycles. The Hall–Kier alpha value is -1.35. The number of carbonyl (C=O) groups is 1. The van der Waals surface area contributed by atoms with Gasteiger partial charge >= 0.3 is 0 Å². The van der Waals surface area contributed by atoms with Crippen LogP contribution in [0.5, 0.6) is 0 Å². The Labute approximate surface area is 109 Å². The van der Waals surface area contributed by atoms with Crippen LogP contribution in [0.4, 0.5) is 0 Å². The number of nitrogens with one attached hydrogen (secondary N) is 2. The van der Waals surface area contributed by atoms with Crippen LogP contribution >= 0.6 is 0 Å². The Morgan fingerprint density at radius 2 is 2.06 bits per heavy atom. The first-order chi connectivity index (χ1) is 8.70. The van der Waals surface area contributed by atoms with Gasteiger partial charge in [0.2, 0.25) is 5.91 Å². The van der Waals surface area contributed by atoms with Crippen molar-refractivity contribution in [2.75, 3.05) is 13.1 Å². The summed E-state index contributed by atoms with van der Waals surface area (Å²) >= 11 is 0. The number of benzene rings is 1. The van der Waals surface area contributed by atoms with Crippen LogP contribution in [0, 0.1) is 6.92 Å². The fraction of sp³-hybridized carbons (Fsp3) is 0.533. The minimum Gasteiger partial charge on any atom is -0.355 e. The maximum atomic E-state index is 11.3. The van der Waals surface area contributed by atoms with Crippen molar-refractivity contribution in [2.24, 2.45) is 0 Å². The fourth-order valence-electron chi connectivity index (χ4n) is 2.58. The van der Waals surface area contributed by atoms with Crippen LogP contribution in [0.25, 0.3) is 0 Å². The maximum absolute atomic E-state index is 11.3. The highest BCUT2D eigenvalue weighted by molar-refractivity contribution is 5.77. The van der Waals surface area contributed by atoms with E-state index in [-0.39, 0.29) is 5.91 Å². The van der Waals surface area contributed by atoms with E-state index < -0.39 is 0 Å². The van der Waals surface area contributed by atoms with Crippen molar-refractivity contribution in [3.63, 3.8) is 0 Å². The fourth-order valence-corrected chi connectivity index (χ4v) is 2.58. The SMILES string of the molecule is CCNC(=O)CNC1CC(c2ccccc2C)C1. The molecule has 0 radical (unpaired) electrons.